The first kappa shape index (κ1) is 15.5. The smallest absolute Gasteiger partial charge is 0.254 e. The number of nitriles is 1. The minimum Gasteiger partial charge on any atom is -0.341 e. The van der Waals surface area contributed by atoms with Crippen LogP contribution in [0, 0.1) is 11.3 Å². The van der Waals surface area contributed by atoms with Gasteiger partial charge in [0.1, 0.15) is 0 Å². The van der Waals surface area contributed by atoms with Gasteiger partial charge in [-0.05, 0) is 32.8 Å². The molecule has 0 aliphatic heterocycles. The van der Waals surface area contributed by atoms with E-state index < -0.39 is 0 Å². The first-order valence-corrected chi connectivity index (χ1v) is 8.03. The lowest BCUT2D eigenvalue weighted by Gasteiger charge is -2.17. The van der Waals surface area contributed by atoms with Gasteiger partial charge < -0.3 is 4.90 Å². The van der Waals surface area contributed by atoms with Crippen molar-refractivity contribution in [2.24, 2.45) is 0 Å². The molecule has 0 radical (unpaired) electrons. The zero-order valence-electron chi connectivity index (χ0n) is 13.8. The molecule has 0 spiro atoms. The minimum absolute atomic E-state index is 0.0714. The van der Waals surface area contributed by atoms with E-state index >= 15 is 0 Å². The molecule has 0 N–H and O–H groups in total. The fourth-order valence-electron chi connectivity index (χ4n) is 2.71. The molecular weight excluding hydrogens is 290 g/mol. The highest BCUT2D eigenvalue weighted by molar-refractivity contribution is 6.05. The molecule has 0 unspecified atom stereocenters. The Morgan fingerprint density at radius 1 is 1.52 bits per heavy atom. The zero-order chi connectivity index (χ0) is 16.6. The summed E-state index contributed by atoms with van der Waals surface area (Å²) in [6.07, 6.45) is 4.32. The maximum atomic E-state index is 12.8. The molecule has 120 valence electrons. The van der Waals surface area contributed by atoms with Crippen LogP contribution in [0.25, 0.3) is 11.0 Å². The number of rotatable bonds is 5. The summed E-state index contributed by atoms with van der Waals surface area (Å²) in [5.74, 6) is 0.392. The fraction of sp³-hybridized carbons (Fsp3) is 0.529. The summed E-state index contributed by atoms with van der Waals surface area (Å²) >= 11 is 0. The Kier molecular flexibility index (Phi) is 4.03. The molecule has 2 aromatic rings. The molecule has 1 saturated carbocycles. The number of carbonyl (C=O) groups is 1. The van der Waals surface area contributed by atoms with E-state index in [4.69, 9.17) is 10.2 Å². The van der Waals surface area contributed by atoms with Crippen molar-refractivity contribution in [2.45, 2.75) is 45.1 Å². The third-order valence-corrected chi connectivity index (χ3v) is 4.21. The molecule has 2 heterocycles. The van der Waals surface area contributed by atoms with Gasteiger partial charge in [-0.25, -0.2) is 9.67 Å². The summed E-state index contributed by atoms with van der Waals surface area (Å²) in [6, 6.07) is 4.18. The summed E-state index contributed by atoms with van der Waals surface area (Å²) in [6.45, 7) is 4.53. The normalized spacial score (nSPS) is 14.2. The Balaban J connectivity index is 2.08. The van der Waals surface area contributed by atoms with E-state index in [0.29, 0.717) is 24.4 Å². The molecule has 6 heteroatoms. The Bertz CT molecular complexity index is 782. The number of amides is 1. The Morgan fingerprint density at radius 2 is 2.26 bits per heavy atom. The van der Waals surface area contributed by atoms with Crippen LogP contribution in [0.2, 0.25) is 0 Å². The average Bonchev–Trinajstić information content (AvgIpc) is 3.29. The zero-order valence-corrected chi connectivity index (χ0v) is 13.8. The lowest BCUT2D eigenvalue weighted by molar-refractivity contribution is 0.0799. The molecule has 2 aromatic heterocycles. The molecule has 23 heavy (non-hydrogen) atoms. The van der Waals surface area contributed by atoms with Crippen molar-refractivity contribution < 1.29 is 4.79 Å². The second-order valence-corrected chi connectivity index (χ2v) is 6.42. The number of pyridine rings is 1. The fourth-order valence-corrected chi connectivity index (χ4v) is 2.71. The van der Waals surface area contributed by atoms with Crippen LogP contribution in [0.4, 0.5) is 0 Å². The molecule has 0 bridgehead atoms. The SMILES string of the molecule is CC(C)n1ncc2c(C(=O)N(C)CCC#N)cc(C3CC3)nc21. The topological polar surface area (TPSA) is 74.8 Å². The Hall–Kier alpha value is -2.42. The van der Waals surface area contributed by atoms with Crippen LogP contribution in [0.1, 0.15) is 61.1 Å². The number of fused-ring (bicyclic) bond motifs is 1. The van der Waals surface area contributed by atoms with Crippen LogP contribution >= 0.6 is 0 Å². The van der Waals surface area contributed by atoms with Gasteiger partial charge in [0.2, 0.25) is 0 Å². The quantitative estimate of drug-likeness (QED) is 0.851. The second-order valence-electron chi connectivity index (χ2n) is 6.42. The van der Waals surface area contributed by atoms with Crippen molar-refractivity contribution in [3.8, 4) is 6.07 Å². The van der Waals surface area contributed by atoms with E-state index in [-0.39, 0.29) is 11.9 Å². The standard InChI is InChI=1S/C17H21N5O/c1-11(2)22-16-14(10-19-22)13(9-15(20-16)12-5-6-12)17(23)21(3)8-4-7-18/h9-12H,4-6,8H2,1-3H3. The van der Waals surface area contributed by atoms with Gasteiger partial charge >= 0.3 is 0 Å². The highest BCUT2D eigenvalue weighted by atomic mass is 16.2. The van der Waals surface area contributed by atoms with Gasteiger partial charge in [0, 0.05) is 31.2 Å². The Morgan fingerprint density at radius 3 is 2.87 bits per heavy atom. The molecule has 0 aromatic carbocycles. The highest BCUT2D eigenvalue weighted by Crippen LogP contribution is 2.40. The molecular formula is C17H21N5O. The van der Waals surface area contributed by atoms with Crippen LogP contribution in [0.3, 0.4) is 0 Å². The minimum atomic E-state index is -0.0714. The Labute approximate surface area is 135 Å². The van der Waals surface area contributed by atoms with Crippen molar-refractivity contribution in [1.82, 2.24) is 19.7 Å². The first-order valence-electron chi connectivity index (χ1n) is 8.03. The van der Waals surface area contributed by atoms with Gasteiger partial charge in [-0.15, -0.1) is 0 Å². The number of hydrogen-bond donors (Lipinski definition) is 0. The van der Waals surface area contributed by atoms with Crippen molar-refractivity contribution in [1.29, 1.82) is 5.26 Å². The highest BCUT2D eigenvalue weighted by Gasteiger charge is 2.28. The number of hydrogen-bond acceptors (Lipinski definition) is 4. The molecule has 0 saturated heterocycles. The van der Waals surface area contributed by atoms with Gasteiger partial charge in [-0.1, -0.05) is 0 Å². The molecule has 1 aliphatic carbocycles. The summed E-state index contributed by atoms with van der Waals surface area (Å²) in [7, 11) is 1.73. The van der Waals surface area contributed by atoms with Gasteiger partial charge in [-0.3, -0.25) is 4.79 Å². The third kappa shape index (κ3) is 2.91. The largest absolute Gasteiger partial charge is 0.341 e. The van der Waals surface area contributed by atoms with E-state index in [1.54, 1.807) is 18.1 Å². The van der Waals surface area contributed by atoms with Crippen LogP contribution in [0.5, 0.6) is 0 Å². The lowest BCUT2D eigenvalue weighted by atomic mass is 10.1. The molecule has 0 atom stereocenters. The average molecular weight is 311 g/mol. The molecule has 1 aliphatic rings. The van der Waals surface area contributed by atoms with Crippen LogP contribution in [0.15, 0.2) is 12.3 Å². The predicted octanol–water partition coefficient (Wildman–Crippen LogP) is 2.88. The van der Waals surface area contributed by atoms with Crippen LogP contribution in [-0.2, 0) is 0 Å². The molecule has 6 nitrogen and oxygen atoms in total. The second kappa shape index (κ2) is 5.99. The van der Waals surface area contributed by atoms with Gasteiger partial charge in [0.15, 0.2) is 5.65 Å². The summed E-state index contributed by atoms with van der Waals surface area (Å²) < 4.78 is 1.87. The molecule has 1 fully saturated rings. The third-order valence-electron chi connectivity index (χ3n) is 4.21. The van der Waals surface area contributed by atoms with Crippen molar-refractivity contribution in [2.75, 3.05) is 13.6 Å². The summed E-state index contributed by atoms with van der Waals surface area (Å²) in [5.41, 5.74) is 2.41. The number of aromatic nitrogens is 3. The van der Waals surface area contributed by atoms with Gasteiger partial charge in [-0.2, -0.15) is 10.4 Å². The monoisotopic (exact) mass is 311 g/mol. The maximum absolute atomic E-state index is 12.8. The lowest BCUT2D eigenvalue weighted by Crippen LogP contribution is -2.28. The van der Waals surface area contributed by atoms with E-state index in [9.17, 15) is 4.79 Å². The van der Waals surface area contributed by atoms with Gasteiger partial charge in [0.25, 0.3) is 5.91 Å². The maximum Gasteiger partial charge on any atom is 0.254 e. The first-order chi connectivity index (χ1) is 11.0. The van der Waals surface area contributed by atoms with Crippen molar-refractivity contribution in [3.05, 3.63) is 23.5 Å². The number of nitrogens with zero attached hydrogens (tertiary/aromatic N) is 5. The van der Waals surface area contributed by atoms with E-state index in [0.717, 1.165) is 29.6 Å². The van der Waals surface area contributed by atoms with Gasteiger partial charge in [0.05, 0.1) is 29.6 Å². The van der Waals surface area contributed by atoms with Crippen LogP contribution in [-0.4, -0.2) is 39.2 Å². The van der Waals surface area contributed by atoms with Crippen LogP contribution < -0.4 is 0 Å². The van der Waals surface area contributed by atoms with E-state index in [1.807, 2.05) is 10.7 Å². The molecule has 3 rings (SSSR count). The summed E-state index contributed by atoms with van der Waals surface area (Å²) in [5, 5.41) is 13.9. The van der Waals surface area contributed by atoms with Crippen molar-refractivity contribution in [3.63, 3.8) is 0 Å². The van der Waals surface area contributed by atoms with Crippen molar-refractivity contribution >= 4 is 16.9 Å². The number of carbonyl (C=O) groups excluding carboxylic acids is 1. The van der Waals surface area contributed by atoms with E-state index in [2.05, 4.69) is 25.0 Å². The molecule has 1 amide bonds. The van der Waals surface area contributed by atoms with E-state index in [1.165, 1.54) is 0 Å². The summed E-state index contributed by atoms with van der Waals surface area (Å²) in [4.78, 5) is 19.1. The predicted molar refractivity (Wildman–Crippen MR) is 87.1 cm³/mol.